The van der Waals surface area contributed by atoms with E-state index in [2.05, 4.69) is 25.3 Å². The smallest absolute Gasteiger partial charge is 0.0393 e. The van der Waals surface area contributed by atoms with Crippen molar-refractivity contribution < 1.29 is 0 Å². The summed E-state index contributed by atoms with van der Waals surface area (Å²) >= 11 is 4.37. The Morgan fingerprint density at radius 3 is 2.85 bits per heavy atom. The van der Waals surface area contributed by atoms with E-state index in [1.807, 2.05) is 31.2 Å². The van der Waals surface area contributed by atoms with Gasteiger partial charge in [0.05, 0.1) is 0 Å². The van der Waals surface area contributed by atoms with Crippen LogP contribution in [0, 0.1) is 0 Å². The third-order valence-electron chi connectivity index (χ3n) is 2.11. The van der Waals surface area contributed by atoms with Gasteiger partial charge in [0.2, 0.25) is 0 Å². The van der Waals surface area contributed by atoms with Gasteiger partial charge in [-0.2, -0.15) is 12.6 Å². The maximum absolute atomic E-state index is 5.77. The molecule has 13 heavy (non-hydrogen) atoms. The Morgan fingerprint density at radius 1 is 1.69 bits per heavy atom. The van der Waals surface area contributed by atoms with Gasteiger partial charge in [-0.05, 0) is 18.1 Å². The topological polar surface area (TPSA) is 26.0 Å². The van der Waals surface area contributed by atoms with E-state index < -0.39 is 0 Å². The second-order valence-electron chi connectivity index (χ2n) is 3.00. The number of thiol groups is 1. The van der Waals surface area contributed by atoms with E-state index in [1.165, 1.54) is 0 Å². The van der Waals surface area contributed by atoms with Crippen molar-refractivity contribution >= 4 is 12.6 Å². The SMILES string of the molecule is C=C/C(=C\C)C1=C[C@H](S)C(N)C=C1. The summed E-state index contributed by atoms with van der Waals surface area (Å²) < 4.78 is 0. The minimum absolute atomic E-state index is 0.0232. The van der Waals surface area contributed by atoms with Crippen molar-refractivity contribution in [3.63, 3.8) is 0 Å². The first-order valence-corrected chi connectivity index (χ1v) is 4.83. The molecule has 70 valence electrons. The van der Waals surface area contributed by atoms with E-state index in [0.29, 0.717) is 0 Å². The second-order valence-corrected chi connectivity index (χ2v) is 3.59. The predicted molar refractivity (Wildman–Crippen MR) is 61.9 cm³/mol. The Labute approximate surface area is 85.1 Å². The normalized spacial score (nSPS) is 28.5. The molecule has 0 aromatic carbocycles. The lowest BCUT2D eigenvalue weighted by atomic mass is 9.97. The van der Waals surface area contributed by atoms with Gasteiger partial charge >= 0.3 is 0 Å². The summed E-state index contributed by atoms with van der Waals surface area (Å²) in [7, 11) is 0. The molecule has 1 nitrogen and oxygen atoms in total. The lowest BCUT2D eigenvalue weighted by Gasteiger charge is -2.18. The summed E-state index contributed by atoms with van der Waals surface area (Å²) in [6.45, 7) is 5.75. The van der Waals surface area contributed by atoms with Crippen LogP contribution in [-0.2, 0) is 0 Å². The molecule has 0 fully saturated rings. The Kier molecular flexibility index (Phi) is 3.58. The fourth-order valence-electron chi connectivity index (χ4n) is 1.27. The van der Waals surface area contributed by atoms with Crippen LogP contribution >= 0.6 is 12.6 Å². The zero-order chi connectivity index (χ0) is 9.84. The molecule has 1 unspecified atom stereocenters. The van der Waals surface area contributed by atoms with E-state index in [1.54, 1.807) is 0 Å². The van der Waals surface area contributed by atoms with Gasteiger partial charge in [-0.1, -0.05) is 37.0 Å². The number of hydrogen-bond acceptors (Lipinski definition) is 2. The lowest BCUT2D eigenvalue weighted by Crippen LogP contribution is -2.29. The Morgan fingerprint density at radius 2 is 2.38 bits per heavy atom. The Balaban J connectivity index is 2.90. The fourth-order valence-corrected chi connectivity index (χ4v) is 1.53. The van der Waals surface area contributed by atoms with E-state index in [0.717, 1.165) is 11.1 Å². The molecule has 1 aliphatic rings. The van der Waals surface area contributed by atoms with Crippen LogP contribution in [0.2, 0.25) is 0 Å². The standard InChI is InChI=1S/C11H15NS/c1-3-8(4-2)9-5-6-10(12)11(13)7-9/h3-7,10-11,13H,1,12H2,2H3/b8-4+/t10?,11-/m0/s1. The van der Waals surface area contributed by atoms with Crippen molar-refractivity contribution in [3.8, 4) is 0 Å². The number of allylic oxidation sites excluding steroid dienone is 5. The molecule has 0 heterocycles. The molecule has 2 atom stereocenters. The van der Waals surface area contributed by atoms with Crippen LogP contribution < -0.4 is 5.73 Å². The summed E-state index contributed by atoms with van der Waals surface area (Å²) in [6, 6.07) is 0.0232. The summed E-state index contributed by atoms with van der Waals surface area (Å²) in [5.41, 5.74) is 8.05. The Hall–Kier alpha value is -0.730. The lowest BCUT2D eigenvalue weighted by molar-refractivity contribution is 0.840. The second kappa shape index (κ2) is 4.49. The molecule has 0 amide bonds. The summed E-state index contributed by atoms with van der Waals surface area (Å²) in [6.07, 6.45) is 9.92. The summed E-state index contributed by atoms with van der Waals surface area (Å²) in [4.78, 5) is 0. The van der Waals surface area contributed by atoms with Crippen molar-refractivity contribution in [2.24, 2.45) is 5.73 Å². The molecule has 0 saturated carbocycles. The van der Waals surface area contributed by atoms with Crippen LogP contribution in [0.25, 0.3) is 0 Å². The number of hydrogen-bond donors (Lipinski definition) is 2. The highest BCUT2D eigenvalue weighted by atomic mass is 32.1. The van der Waals surface area contributed by atoms with Crippen molar-refractivity contribution in [2.45, 2.75) is 18.2 Å². The highest BCUT2D eigenvalue weighted by molar-refractivity contribution is 7.81. The first-order valence-electron chi connectivity index (χ1n) is 4.32. The van der Waals surface area contributed by atoms with Gasteiger partial charge in [0, 0.05) is 11.3 Å². The average molecular weight is 193 g/mol. The maximum Gasteiger partial charge on any atom is 0.0393 e. The van der Waals surface area contributed by atoms with Gasteiger partial charge in [-0.25, -0.2) is 0 Å². The molecule has 0 spiro atoms. The average Bonchev–Trinajstić information content (AvgIpc) is 2.13. The van der Waals surface area contributed by atoms with Gasteiger partial charge in [-0.3, -0.25) is 0 Å². The summed E-state index contributed by atoms with van der Waals surface area (Å²) in [5, 5.41) is 0.106. The highest BCUT2D eigenvalue weighted by Gasteiger charge is 2.13. The largest absolute Gasteiger partial charge is 0.323 e. The minimum atomic E-state index is 0.0232. The van der Waals surface area contributed by atoms with Gasteiger partial charge < -0.3 is 5.73 Å². The van der Waals surface area contributed by atoms with E-state index in [4.69, 9.17) is 5.73 Å². The third-order valence-corrected chi connectivity index (χ3v) is 2.60. The molecule has 2 N–H and O–H groups in total. The highest BCUT2D eigenvalue weighted by Crippen LogP contribution is 2.21. The van der Waals surface area contributed by atoms with Crippen molar-refractivity contribution in [3.05, 3.63) is 48.1 Å². The van der Waals surface area contributed by atoms with E-state index >= 15 is 0 Å². The Bertz CT molecular complexity index is 286. The van der Waals surface area contributed by atoms with E-state index in [9.17, 15) is 0 Å². The van der Waals surface area contributed by atoms with Crippen molar-refractivity contribution in [2.75, 3.05) is 0 Å². The molecule has 0 aromatic rings. The van der Waals surface area contributed by atoms with Crippen LogP contribution in [0.3, 0.4) is 0 Å². The predicted octanol–water partition coefficient (Wildman–Crippen LogP) is 2.24. The number of rotatable bonds is 2. The molecule has 1 aliphatic carbocycles. The molecular weight excluding hydrogens is 178 g/mol. The first kappa shape index (κ1) is 10.4. The fraction of sp³-hybridized carbons (Fsp3) is 0.273. The van der Waals surface area contributed by atoms with Crippen molar-refractivity contribution in [1.82, 2.24) is 0 Å². The molecule has 1 rings (SSSR count). The molecule has 0 radical (unpaired) electrons. The van der Waals surface area contributed by atoms with Crippen LogP contribution in [0.4, 0.5) is 0 Å². The van der Waals surface area contributed by atoms with Gasteiger partial charge in [0.1, 0.15) is 0 Å². The van der Waals surface area contributed by atoms with Gasteiger partial charge in [0.15, 0.2) is 0 Å². The zero-order valence-electron chi connectivity index (χ0n) is 7.77. The van der Waals surface area contributed by atoms with E-state index in [-0.39, 0.29) is 11.3 Å². The van der Waals surface area contributed by atoms with Crippen molar-refractivity contribution in [1.29, 1.82) is 0 Å². The maximum atomic E-state index is 5.77. The molecule has 0 bridgehead atoms. The van der Waals surface area contributed by atoms with Gasteiger partial charge in [0.25, 0.3) is 0 Å². The minimum Gasteiger partial charge on any atom is -0.323 e. The van der Waals surface area contributed by atoms with Gasteiger partial charge in [-0.15, -0.1) is 0 Å². The molecule has 0 aromatic heterocycles. The van der Waals surface area contributed by atoms with Crippen LogP contribution in [0.15, 0.2) is 48.1 Å². The molecule has 0 aliphatic heterocycles. The quantitative estimate of drug-likeness (QED) is 0.510. The third kappa shape index (κ3) is 2.36. The van der Waals surface area contributed by atoms with Crippen LogP contribution in [0.1, 0.15) is 6.92 Å². The zero-order valence-corrected chi connectivity index (χ0v) is 8.67. The molecular formula is C11H15NS. The molecule has 0 saturated heterocycles. The summed E-state index contributed by atoms with van der Waals surface area (Å²) in [5.74, 6) is 0. The monoisotopic (exact) mass is 193 g/mol. The molecule has 2 heteroatoms. The van der Waals surface area contributed by atoms with Crippen LogP contribution in [0.5, 0.6) is 0 Å². The number of nitrogens with two attached hydrogens (primary N) is 1. The van der Waals surface area contributed by atoms with Crippen LogP contribution in [-0.4, -0.2) is 11.3 Å². The first-order chi connectivity index (χ1) is 6.19.